The van der Waals surface area contributed by atoms with Crippen molar-refractivity contribution in [1.82, 2.24) is 0 Å². The molecule has 2 rings (SSSR count). The number of carbonyl (C=O) groups is 1. The monoisotopic (exact) mass is 258 g/mol. The normalized spacial score (nSPS) is 10.2. The molecular formula is C15H14O4. The second kappa shape index (κ2) is 5.44. The van der Waals surface area contributed by atoms with Crippen LogP contribution in [0.5, 0.6) is 17.2 Å². The summed E-state index contributed by atoms with van der Waals surface area (Å²) in [7, 11) is 0. The molecule has 0 saturated carbocycles. The van der Waals surface area contributed by atoms with E-state index in [1.165, 1.54) is 12.1 Å². The van der Waals surface area contributed by atoms with Crippen molar-refractivity contribution in [2.75, 3.05) is 6.61 Å². The minimum atomic E-state index is -0.346. The van der Waals surface area contributed by atoms with E-state index in [9.17, 15) is 15.0 Å². The summed E-state index contributed by atoms with van der Waals surface area (Å²) in [5.41, 5.74) is 0.510. The van der Waals surface area contributed by atoms with Gasteiger partial charge in [0.05, 0.1) is 17.7 Å². The van der Waals surface area contributed by atoms with E-state index in [0.29, 0.717) is 17.9 Å². The van der Waals surface area contributed by atoms with Crippen LogP contribution >= 0.6 is 0 Å². The Morgan fingerprint density at radius 2 is 1.84 bits per heavy atom. The Kier molecular flexibility index (Phi) is 3.71. The second-order valence-electron chi connectivity index (χ2n) is 3.96. The van der Waals surface area contributed by atoms with E-state index in [2.05, 4.69) is 0 Å². The molecule has 2 aromatic carbocycles. The van der Waals surface area contributed by atoms with Gasteiger partial charge < -0.3 is 14.9 Å². The zero-order valence-electron chi connectivity index (χ0n) is 10.5. The highest BCUT2D eigenvalue weighted by Crippen LogP contribution is 2.28. The number of aromatic hydroxyl groups is 2. The van der Waals surface area contributed by atoms with Crippen molar-refractivity contribution in [3.63, 3.8) is 0 Å². The number of hydrogen-bond donors (Lipinski definition) is 2. The number of ketones is 1. The van der Waals surface area contributed by atoms with Crippen LogP contribution in [0.4, 0.5) is 0 Å². The van der Waals surface area contributed by atoms with Crippen LogP contribution < -0.4 is 4.74 Å². The van der Waals surface area contributed by atoms with Crippen LogP contribution in [0.3, 0.4) is 0 Å². The lowest BCUT2D eigenvalue weighted by Crippen LogP contribution is -2.05. The number of para-hydroxylation sites is 1. The molecule has 98 valence electrons. The predicted molar refractivity (Wildman–Crippen MR) is 70.8 cm³/mol. The minimum Gasteiger partial charge on any atom is -0.508 e. The fourth-order valence-electron chi connectivity index (χ4n) is 1.79. The van der Waals surface area contributed by atoms with Gasteiger partial charge in [0.25, 0.3) is 0 Å². The summed E-state index contributed by atoms with van der Waals surface area (Å²) in [6, 6.07) is 10.7. The molecule has 0 amide bonds. The van der Waals surface area contributed by atoms with Crippen LogP contribution in [-0.4, -0.2) is 22.6 Å². The summed E-state index contributed by atoms with van der Waals surface area (Å²) in [4.78, 5) is 12.4. The Bertz CT molecular complexity index is 605. The van der Waals surface area contributed by atoms with Gasteiger partial charge in [-0.1, -0.05) is 12.1 Å². The van der Waals surface area contributed by atoms with Gasteiger partial charge in [0.2, 0.25) is 0 Å². The van der Waals surface area contributed by atoms with Crippen molar-refractivity contribution in [3.8, 4) is 17.2 Å². The van der Waals surface area contributed by atoms with Crippen LogP contribution in [-0.2, 0) is 0 Å². The molecule has 0 bridgehead atoms. The maximum Gasteiger partial charge on any atom is 0.200 e. The number of benzene rings is 2. The number of ether oxygens (including phenoxy) is 1. The highest BCUT2D eigenvalue weighted by Gasteiger charge is 2.17. The summed E-state index contributed by atoms with van der Waals surface area (Å²) in [6.45, 7) is 2.28. The zero-order chi connectivity index (χ0) is 13.8. The van der Waals surface area contributed by atoms with Gasteiger partial charge in [0, 0.05) is 6.07 Å². The van der Waals surface area contributed by atoms with E-state index < -0.39 is 0 Å². The summed E-state index contributed by atoms with van der Waals surface area (Å²) in [5, 5.41) is 19.0. The Labute approximate surface area is 110 Å². The average molecular weight is 258 g/mol. The number of phenolic OH excluding ortho intramolecular Hbond substituents is 2. The fraction of sp³-hybridized carbons (Fsp3) is 0.133. The standard InChI is InChI=1S/C15H14O4/c1-2-19-14-6-4-3-5-12(14)15(18)11-8-7-10(16)9-13(11)17/h3-9,16-17H,2H2,1H3. The predicted octanol–water partition coefficient (Wildman–Crippen LogP) is 2.73. The van der Waals surface area contributed by atoms with Crippen LogP contribution in [0.1, 0.15) is 22.8 Å². The van der Waals surface area contributed by atoms with E-state index in [0.717, 1.165) is 6.07 Å². The first-order chi connectivity index (χ1) is 9.13. The maximum atomic E-state index is 12.4. The van der Waals surface area contributed by atoms with Crippen molar-refractivity contribution in [3.05, 3.63) is 53.6 Å². The SMILES string of the molecule is CCOc1ccccc1C(=O)c1ccc(O)cc1O. The first kappa shape index (κ1) is 13.0. The number of rotatable bonds is 4. The average Bonchev–Trinajstić information content (AvgIpc) is 2.39. The molecule has 19 heavy (non-hydrogen) atoms. The topological polar surface area (TPSA) is 66.8 Å². The molecule has 0 aliphatic heterocycles. The van der Waals surface area contributed by atoms with Crippen molar-refractivity contribution >= 4 is 5.78 Å². The molecule has 4 nitrogen and oxygen atoms in total. The Morgan fingerprint density at radius 1 is 1.11 bits per heavy atom. The summed E-state index contributed by atoms with van der Waals surface area (Å²) >= 11 is 0. The van der Waals surface area contributed by atoms with Crippen molar-refractivity contribution in [1.29, 1.82) is 0 Å². The van der Waals surface area contributed by atoms with E-state index in [4.69, 9.17) is 4.74 Å². The van der Waals surface area contributed by atoms with Gasteiger partial charge in [0.1, 0.15) is 17.2 Å². The van der Waals surface area contributed by atoms with Crippen LogP contribution in [0.25, 0.3) is 0 Å². The van der Waals surface area contributed by atoms with Gasteiger partial charge in [-0.3, -0.25) is 4.79 Å². The van der Waals surface area contributed by atoms with Gasteiger partial charge in [0.15, 0.2) is 5.78 Å². The number of hydrogen-bond acceptors (Lipinski definition) is 4. The molecule has 0 saturated heterocycles. The molecule has 0 aliphatic carbocycles. The smallest absolute Gasteiger partial charge is 0.200 e. The first-order valence-electron chi connectivity index (χ1n) is 5.92. The summed E-state index contributed by atoms with van der Waals surface area (Å²) < 4.78 is 5.39. The fourth-order valence-corrected chi connectivity index (χ4v) is 1.79. The molecule has 0 aliphatic rings. The van der Waals surface area contributed by atoms with E-state index >= 15 is 0 Å². The number of phenols is 2. The van der Waals surface area contributed by atoms with Crippen molar-refractivity contribution < 1.29 is 19.7 Å². The van der Waals surface area contributed by atoms with Crippen LogP contribution in [0, 0.1) is 0 Å². The lowest BCUT2D eigenvalue weighted by molar-refractivity contribution is 0.103. The summed E-state index contributed by atoms with van der Waals surface area (Å²) in [6.07, 6.45) is 0. The Hall–Kier alpha value is -2.49. The summed E-state index contributed by atoms with van der Waals surface area (Å²) in [5.74, 6) is -0.215. The third-order valence-electron chi connectivity index (χ3n) is 2.66. The third kappa shape index (κ3) is 2.68. The van der Waals surface area contributed by atoms with Gasteiger partial charge >= 0.3 is 0 Å². The van der Waals surface area contributed by atoms with Crippen LogP contribution in [0.15, 0.2) is 42.5 Å². The minimum absolute atomic E-state index is 0.0906. The molecule has 2 aromatic rings. The van der Waals surface area contributed by atoms with Gasteiger partial charge in [-0.05, 0) is 31.2 Å². The molecule has 0 fully saturated rings. The van der Waals surface area contributed by atoms with Gasteiger partial charge in [-0.25, -0.2) is 0 Å². The Morgan fingerprint density at radius 3 is 2.53 bits per heavy atom. The molecular weight excluding hydrogens is 244 g/mol. The van der Waals surface area contributed by atoms with Gasteiger partial charge in [-0.2, -0.15) is 0 Å². The quantitative estimate of drug-likeness (QED) is 0.827. The van der Waals surface area contributed by atoms with E-state index in [-0.39, 0.29) is 22.8 Å². The molecule has 0 unspecified atom stereocenters. The van der Waals surface area contributed by atoms with E-state index in [1.54, 1.807) is 24.3 Å². The molecule has 0 spiro atoms. The highest BCUT2D eigenvalue weighted by molar-refractivity contribution is 6.12. The highest BCUT2D eigenvalue weighted by atomic mass is 16.5. The molecule has 2 N–H and O–H groups in total. The largest absolute Gasteiger partial charge is 0.508 e. The van der Waals surface area contributed by atoms with Crippen molar-refractivity contribution in [2.24, 2.45) is 0 Å². The molecule has 0 radical (unpaired) electrons. The van der Waals surface area contributed by atoms with Crippen LogP contribution in [0.2, 0.25) is 0 Å². The van der Waals surface area contributed by atoms with Gasteiger partial charge in [-0.15, -0.1) is 0 Å². The second-order valence-corrected chi connectivity index (χ2v) is 3.96. The molecule has 0 heterocycles. The lowest BCUT2D eigenvalue weighted by atomic mass is 10.0. The van der Waals surface area contributed by atoms with Crippen molar-refractivity contribution in [2.45, 2.75) is 6.92 Å². The van der Waals surface area contributed by atoms with E-state index in [1.807, 2.05) is 6.92 Å². The Balaban J connectivity index is 2.44. The third-order valence-corrected chi connectivity index (χ3v) is 2.66. The maximum absolute atomic E-state index is 12.4. The number of carbonyl (C=O) groups excluding carboxylic acids is 1. The zero-order valence-corrected chi connectivity index (χ0v) is 10.5. The molecule has 0 aromatic heterocycles. The molecule has 4 heteroatoms. The molecule has 0 atom stereocenters. The first-order valence-corrected chi connectivity index (χ1v) is 5.92. The lowest BCUT2D eigenvalue weighted by Gasteiger charge is -2.10.